The number of nitro benzene ring substituents is 1. The lowest BCUT2D eigenvalue weighted by Crippen LogP contribution is -1.86. The zero-order valence-corrected chi connectivity index (χ0v) is 10.6. The molecule has 1 aromatic heterocycles. The number of hydrogen-bond donors (Lipinski definition) is 1. The topological polar surface area (TPSA) is 71.8 Å². The van der Waals surface area contributed by atoms with Crippen molar-refractivity contribution in [1.82, 2.24) is 9.97 Å². The molecule has 0 aliphatic carbocycles. The largest absolute Gasteiger partial charge is 0.333 e. The molecule has 19 heavy (non-hydrogen) atoms. The summed E-state index contributed by atoms with van der Waals surface area (Å²) < 4.78 is 0. The molecular weight excluding hydrogens is 262 g/mol. The van der Waals surface area contributed by atoms with Gasteiger partial charge in [-0.3, -0.25) is 10.1 Å². The minimum atomic E-state index is -0.407. The Morgan fingerprint density at radius 1 is 1.11 bits per heavy atom. The SMILES string of the molecule is O=[N+]([O-])c1ccc(Sc2nc3ccccc3[nH]2)cc1. The van der Waals surface area contributed by atoms with Crippen LogP contribution in [0.5, 0.6) is 0 Å². The van der Waals surface area contributed by atoms with Crippen LogP contribution >= 0.6 is 11.8 Å². The number of para-hydroxylation sites is 2. The first-order valence-electron chi connectivity index (χ1n) is 5.59. The summed E-state index contributed by atoms with van der Waals surface area (Å²) in [7, 11) is 0. The number of aromatic nitrogens is 2. The third-order valence-corrected chi connectivity index (χ3v) is 3.52. The van der Waals surface area contributed by atoms with E-state index in [-0.39, 0.29) is 5.69 Å². The number of H-pyrrole nitrogens is 1. The lowest BCUT2D eigenvalue weighted by atomic mass is 10.3. The van der Waals surface area contributed by atoms with Gasteiger partial charge in [-0.05, 0) is 24.3 Å². The number of benzene rings is 2. The van der Waals surface area contributed by atoms with Crippen LogP contribution in [0.3, 0.4) is 0 Å². The van der Waals surface area contributed by atoms with Gasteiger partial charge in [0, 0.05) is 17.0 Å². The molecule has 0 atom stereocenters. The van der Waals surface area contributed by atoms with Crippen molar-refractivity contribution in [3.05, 3.63) is 58.6 Å². The molecule has 0 spiro atoms. The molecule has 1 N–H and O–H groups in total. The Bertz CT molecular complexity index is 704. The van der Waals surface area contributed by atoms with Crippen molar-refractivity contribution in [3.8, 4) is 0 Å². The van der Waals surface area contributed by atoms with Gasteiger partial charge in [-0.1, -0.05) is 23.9 Å². The molecule has 94 valence electrons. The fourth-order valence-corrected chi connectivity index (χ4v) is 2.53. The summed E-state index contributed by atoms with van der Waals surface area (Å²) in [6, 6.07) is 14.2. The molecule has 3 aromatic rings. The Kier molecular flexibility index (Phi) is 2.92. The van der Waals surface area contributed by atoms with Gasteiger partial charge in [-0.2, -0.15) is 0 Å². The van der Waals surface area contributed by atoms with E-state index in [1.165, 1.54) is 23.9 Å². The Hall–Kier alpha value is -2.34. The van der Waals surface area contributed by atoms with Crippen molar-refractivity contribution in [3.63, 3.8) is 0 Å². The predicted octanol–water partition coefficient (Wildman–Crippen LogP) is 3.62. The zero-order chi connectivity index (χ0) is 13.2. The average molecular weight is 271 g/mol. The van der Waals surface area contributed by atoms with Crippen LogP contribution in [0.2, 0.25) is 0 Å². The second-order valence-electron chi connectivity index (χ2n) is 3.91. The van der Waals surface area contributed by atoms with E-state index in [4.69, 9.17) is 0 Å². The molecular formula is C13H9N3O2S. The number of imidazole rings is 1. The monoisotopic (exact) mass is 271 g/mol. The van der Waals surface area contributed by atoms with E-state index in [0.717, 1.165) is 21.1 Å². The molecule has 3 rings (SSSR count). The molecule has 0 radical (unpaired) electrons. The summed E-state index contributed by atoms with van der Waals surface area (Å²) in [6.07, 6.45) is 0. The number of hydrogen-bond acceptors (Lipinski definition) is 4. The Morgan fingerprint density at radius 2 is 1.84 bits per heavy atom. The van der Waals surface area contributed by atoms with Gasteiger partial charge in [-0.25, -0.2) is 4.98 Å². The number of aromatic amines is 1. The molecule has 0 aliphatic heterocycles. The fraction of sp³-hybridized carbons (Fsp3) is 0. The van der Waals surface area contributed by atoms with Crippen molar-refractivity contribution >= 4 is 28.5 Å². The molecule has 0 fully saturated rings. The molecule has 6 heteroatoms. The minimum absolute atomic E-state index is 0.0916. The van der Waals surface area contributed by atoms with Crippen LogP contribution in [0.1, 0.15) is 0 Å². The van der Waals surface area contributed by atoms with Crippen molar-refractivity contribution in [2.45, 2.75) is 10.1 Å². The van der Waals surface area contributed by atoms with E-state index >= 15 is 0 Å². The Balaban J connectivity index is 1.86. The highest BCUT2D eigenvalue weighted by molar-refractivity contribution is 7.99. The number of fused-ring (bicyclic) bond motifs is 1. The molecule has 0 unspecified atom stereocenters. The number of non-ortho nitro benzene ring substituents is 1. The highest BCUT2D eigenvalue weighted by atomic mass is 32.2. The Labute approximate surface area is 112 Å². The molecule has 2 aromatic carbocycles. The Morgan fingerprint density at radius 3 is 2.53 bits per heavy atom. The van der Waals surface area contributed by atoms with E-state index in [0.29, 0.717) is 0 Å². The van der Waals surface area contributed by atoms with Crippen LogP contribution in [-0.4, -0.2) is 14.9 Å². The van der Waals surface area contributed by atoms with Gasteiger partial charge in [0.1, 0.15) is 0 Å². The molecule has 0 saturated heterocycles. The summed E-state index contributed by atoms with van der Waals surface area (Å²) >= 11 is 1.44. The fourth-order valence-electron chi connectivity index (χ4n) is 1.73. The number of nitro groups is 1. The number of nitrogens with one attached hydrogen (secondary N) is 1. The standard InChI is InChI=1S/C13H9N3O2S/c17-16(18)9-5-7-10(8-6-9)19-13-14-11-3-1-2-4-12(11)15-13/h1-8H,(H,14,15). The van der Waals surface area contributed by atoms with E-state index in [2.05, 4.69) is 9.97 Å². The maximum atomic E-state index is 10.6. The maximum Gasteiger partial charge on any atom is 0.269 e. The van der Waals surface area contributed by atoms with Crippen LogP contribution < -0.4 is 0 Å². The molecule has 0 bridgehead atoms. The van der Waals surface area contributed by atoms with Gasteiger partial charge in [0.25, 0.3) is 5.69 Å². The summed E-state index contributed by atoms with van der Waals surface area (Å²) in [6.45, 7) is 0. The molecule has 1 heterocycles. The smallest absolute Gasteiger partial charge is 0.269 e. The molecule has 0 aliphatic rings. The lowest BCUT2D eigenvalue weighted by Gasteiger charge is -1.97. The van der Waals surface area contributed by atoms with Crippen molar-refractivity contribution in [2.75, 3.05) is 0 Å². The predicted molar refractivity (Wildman–Crippen MR) is 73.3 cm³/mol. The summed E-state index contributed by atoms with van der Waals surface area (Å²) in [4.78, 5) is 18.7. The summed E-state index contributed by atoms with van der Waals surface area (Å²) in [5.74, 6) is 0. The zero-order valence-electron chi connectivity index (χ0n) is 9.74. The molecule has 5 nitrogen and oxygen atoms in total. The van der Waals surface area contributed by atoms with Crippen LogP contribution in [-0.2, 0) is 0 Å². The van der Waals surface area contributed by atoms with Gasteiger partial charge in [-0.15, -0.1) is 0 Å². The second-order valence-corrected chi connectivity index (χ2v) is 4.97. The van der Waals surface area contributed by atoms with Crippen molar-refractivity contribution in [1.29, 1.82) is 0 Å². The lowest BCUT2D eigenvalue weighted by molar-refractivity contribution is -0.384. The van der Waals surface area contributed by atoms with E-state index in [1.54, 1.807) is 12.1 Å². The van der Waals surface area contributed by atoms with Gasteiger partial charge in [0.2, 0.25) is 0 Å². The van der Waals surface area contributed by atoms with Gasteiger partial charge < -0.3 is 4.98 Å². The third-order valence-electron chi connectivity index (χ3n) is 2.63. The van der Waals surface area contributed by atoms with Crippen LogP contribution in [0.4, 0.5) is 5.69 Å². The third kappa shape index (κ3) is 2.43. The van der Waals surface area contributed by atoms with Gasteiger partial charge in [0.05, 0.1) is 16.0 Å². The quantitative estimate of drug-likeness (QED) is 0.583. The maximum absolute atomic E-state index is 10.6. The first-order valence-corrected chi connectivity index (χ1v) is 6.41. The van der Waals surface area contributed by atoms with Gasteiger partial charge >= 0.3 is 0 Å². The summed E-state index contributed by atoms with van der Waals surface area (Å²) in [5.41, 5.74) is 1.98. The highest BCUT2D eigenvalue weighted by Crippen LogP contribution is 2.28. The molecule has 0 amide bonds. The van der Waals surface area contributed by atoms with Crippen molar-refractivity contribution in [2.24, 2.45) is 0 Å². The number of nitrogens with zero attached hydrogens (tertiary/aromatic N) is 2. The first-order chi connectivity index (χ1) is 9.22. The van der Waals surface area contributed by atoms with E-state index < -0.39 is 4.92 Å². The normalized spacial score (nSPS) is 10.7. The molecule has 0 saturated carbocycles. The minimum Gasteiger partial charge on any atom is -0.333 e. The summed E-state index contributed by atoms with van der Waals surface area (Å²) in [5, 5.41) is 11.3. The average Bonchev–Trinajstić information content (AvgIpc) is 2.81. The van der Waals surface area contributed by atoms with E-state index in [1.807, 2.05) is 24.3 Å². The van der Waals surface area contributed by atoms with Crippen molar-refractivity contribution < 1.29 is 4.92 Å². The van der Waals surface area contributed by atoms with Crippen LogP contribution in [0.15, 0.2) is 58.6 Å². The number of rotatable bonds is 3. The highest BCUT2D eigenvalue weighted by Gasteiger charge is 2.07. The van der Waals surface area contributed by atoms with E-state index in [9.17, 15) is 10.1 Å². The van der Waals surface area contributed by atoms with Gasteiger partial charge in [0.15, 0.2) is 5.16 Å². The first kappa shape index (κ1) is 11.7. The van der Waals surface area contributed by atoms with Crippen LogP contribution in [0.25, 0.3) is 11.0 Å². The second kappa shape index (κ2) is 4.74. The van der Waals surface area contributed by atoms with Crippen LogP contribution in [0, 0.1) is 10.1 Å².